The Morgan fingerprint density at radius 2 is 2.20 bits per heavy atom. The van der Waals surface area contributed by atoms with Gasteiger partial charge in [0.2, 0.25) is 5.91 Å². The Morgan fingerprint density at radius 3 is 3.05 bits per heavy atom. The van der Waals surface area contributed by atoms with Crippen molar-refractivity contribution in [2.45, 2.75) is 12.3 Å². The molecule has 2 heterocycles. The Bertz CT molecular complexity index is 598. The smallest absolute Gasteiger partial charge is 0.224 e. The number of aromatic nitrogens is 1. The molecule has 1 aliphatic rings. The zero-order valence-electron chi connectivity index (χ0n) is 11.1. The molecule has 0 radical (unpaired) electrons. The van der Waals surface area contributed by atoms with Gasteiger partial charge >= 0.3 is 0 Å². The van der Waals surface area contributed by atoms with E-state index in [2.05, 4.69) is 16.4 Å². The molecule has 3 rings (SSSR count). The minimum absolute atomic E-state index is 0.0161. The Balaban J connectivity index is 1.54. The van der Waals surface area contributed by atoms with E-state index in [0.717, 1.165) is 11.3 Å². The summed E-state index contributed by atoms with van der Waals surface area (Å²) in [5.41, 5.74) is 2.10. The van der Waals surface area contributed by atoms with Crippen molar-refractivity contribution < 1.29 is 9.53 Å². The first-order valence-electron chi connectivity index (χ1n) is 6.70. The normalized spacial score (nSPS) is 16.3. The minimum atomic E-state index is 0.0161. The fraction of sp³-hybridized carbons (Fsp3) is 0.250. The Kier molecular flexibility index (Phi) is 3.63. The van der Waals surface area contributed by atoms with Crippen LogP contribution in [0.5, 0.6) is 5.75 Å². The van der Waals surface area contributed by atoms with E-state index in [4.69, 9.17) is 4.74 Å². The van der Waals surface area contributed by atoms with Gasteiger partial charge in [-0.2, -0.15) is 0 Å². The number of carbonyl (C=O) groups excluding carboxylic acids is 1. The molecule has 4 nitrogen and oxygen atoms in total. The lowest BCUT2D eigenvalue weighted by atomic mass is 10.0. The molecule has 1 N–H and O–H groups in total. The van der Waals surface area contributed by atoms with Gasteiger partial charge in [-0.3, -0.25) is 9.78 Å². The van der Waals surface area contributed by atoms with E-state index < -0.39 is 0 Å². The number of nitrogens with zero attached hydrogens (tertiary/aromatic N) is 1. The maximum atomic E-state index is 11.9. The van der Waals surface area contributed by atoms with E-state index in [-0.39, 0.29) is 11.8 Å². The highest BCUT2D eigenvalue weighted by atomic mass is 16.5. The second kappa shape index (κ2) is 5.74. The van der Waals surface area contributed by atoms with Gasteiger partial charge in [0.05, 0.1) is 13.0 Å². The summed E-state index contributed by atoms with van der Waals surface area (Å²) in [6, 6.07) is 11.7. The van der Waals surface area contributed by atoms with Crippen LogP contribution in [0.3, 0.4) is 0 Å². The maximum absolute atomic E-state index is 11.9. The maximum Gasteiger partial charge on any atom is 0.224 e. The van der Waals surface area contributed by atoms with Gasteiger partial charge in [-0.25, -0.2) is 0 Å². The molecule has 4 heteroatoms. The molecule has 0 unspecified atom stereocenters. The Morgan fingerprint density at radius 1 is 1.30 bits per heavy atom. The minimum Gasteiger partial charge on any atom is -0.493 e. The van der Waals surface area contributed by atoms with E-state index >= 15 is 0 Å². The Labute approximate surface area is 117 Å². The van der Waals surface area contributed by atoms with E-state index in [0.29, 0.717) is 19.6 Å². The van der Waals surface area contributed by atoms with Crippen molar-refractivity contribution in [1.82, 2.24) is 10.3 Å². The third-order valence-electron chi connectivity index (χ3n) is 3.43. The fourth-order valence-electron chi connectivity index (χ4n) is 2.39. The van der Waals surface area contributed by atoms with Gasteiger partial charge in [0, 0.05) is 30.4 Å². The molecule has 20 heavy (non-hydrogen) atoms. The molecule has 0 saturated carbocycles. The predicted molar refractivity (Wildman–Crippen MR) is 75.6 cm³/mol. The van der Waals surface area contributed by atoms with Crippen molar-refractivity contribution in [2.24, 2.45) is 0 Å². The summed E-state index contributed by atoms with van der Waals surface area (Å²) >= 11 is 0. The topological polar surface area (TPSA) is 51.2 Å². The van der Waals surface area contributed by atoms with Gasteiger partial charge in [0.15, 0.2) is 0 Å². The number of pyridine rings is 1. The number of carbonyl (C=O) groups is 1. The molecule has 0 spiro atoms. The van der Waals surface area contributed by atoms with Crippen LogP contribution in [-0.2, 0) is 11.2 Å². The monoisotopic (exact) mass is 268 g/mol. The van der Waals surface area contributed by atoms with Crippen LogP contribution in [0.4, 0.5) is 0 Å². The lowest BCUT2D eigenvalue weighted by Crippen LogP contribution is -2.30. The second-order valence-electron chi connectivity index (χ2n) is 4.89. The molecule has 1 aromatic carbocycles. The molecule has 2 aromatic rings. The molecule has 1 aliphatic heterocycles. The van der Waals surface area contributed by atoms with Gasteiger partial charge in [0.25, 0.3) is 0 Å². The first kappa shape index (κ1) is 12.7. The molecule has 1 atom stereocenters. The summed E-state index contributed by atoms with van der Waals surface area (Å²) in [7, 11) is 0. The first-order valence-corrected chi connectivity index (χ1v) is 6.70. The van der Waals surface area contributed by atoms with Gasteiger partial charge < -0.3 is 10.1 Å². The summed E-state index contributed by atoms with van der Waals surface area (Å²) < 4.78 is 5.60. The fourth-order valence-corrected chi connectivity index (χ4v) is 2.39. The molecule has 0 bridgehead atoms. The molecular weight excluding hydrogens is 252 g/mol. The van der Waals surface area contributed by atoms with Gasteiger partial charge in [-0.15, -0.1) is 0 Å². The lowest BCUT2D eigenvalue weighted by molar-refractivity contribution is -0.120. The number of rotatable bonds is 4. The summed E-state index contributed by atoms with van der Waals surface area (Å²) in [5.74, 6) is 1.19. The molecule has 0 aliphatic carbocycles. The van der Waals surface area contributed by atoms with Crippen LogP contribution in [-0.4, -0.2) is 24.0 Å². The zero-order valence-corrected chi connectivity index (χ0v) is 11.1. The van der Waals surface area contributed by atoms with Gasteiger partial charge in [-0.05, 0) is 17.7 Å². The number of benzene rings is 1. The number of hydrogen-bond acceptors (Lipinski definition) is 3. The largest absolute Gasteiger partial charge is 0.493 e. The van der Waals surface area contributed by atoms with Crippen molar-refractivity contribution >= 4 is 5.91 Å². The second-order valence-corrected chi connectivity index (χ2v) is 4.89. The highest BCUT2D eigenvalue weighted by molar-refractivity contribution is 5.78. The predicted octanol–water partition coefficient (Wildman–Crippen LogP) is 1.92. The lowest BCUT2D eigenvalue weighted by Gasteiger charge is -2.10. The molecule has 1 amide bonds. The number of para-hydroxylation sites is 1. The van der Waals surface area contributed by atoms with Crippen molar-refractivity contribution in [3.8, 4) is 5.75 Å². The zero-order chi connectivity index (χ0) is 13.8. The van der Waals surface area contributed by atoms with Crippen LogP contribution in [0, 0.1) is 0 Å². The molecular formula is C16H16N2O2. The summed E-state index contributed by atoms with van der Waals surface area (Å²) in [6.45, 7) is 1.24. The highest BCUT2D eigenvalue weighted by Gasteiger charge is 2.23. The van der Waals surface area contributed by atoms with Crippen molar-refractivity contribution in [1.29, 1.82) is 0 Å². The van der Waals surface area contributed by atoms with E-state index in [1.165, 1.54) is 5.56 Å². The standard InChI is InChI=1S/C16H16N2O2/c19-16(8-12-4-3-7-17-9-12)18-10-13-11-20-15-6-2-1-5-14(13)15/h1-7,9,13H,8,10-11H2,(H,18,19)/t13-/m0/s1. The molecule has 0 saturated heterocycles. The van der Waals surface area contributed by atoms with E-state index in [1.54, 1.807) is 12.4 Å². The number of nitrogens with one attached hydrogen (secondary N) is 1. The van der Waals surface area contributed by atoms with Crippen molar-refractivity contribution in [2.75, 3.05) is 13.2 Å². The highest BCUT2D eigenvalue weighted by Crippen LogP contribution is 2.32. The van der Waals surface area contributed by atoms with E-state index in [9.17, 15) is 4.79 Å². The molecule has 1 aromatic heterocycles. The average molecular weight is 268 g/mol. The van der Waals surface area contributed by atoms with Gasteiger partial charge in [-0.1, -0.05) is 24.3 Å². The van der Waals surface area contributed by atoms with Crippen LogP contribution < -0.4 is 10.1 Å². The summed E-state index contributed by atoms with van der Waals surface area (Å²) in [4.78, 5) is 15.9. The number of amides is 1. The van der Waals surface area contributed by atoms with E-state index in [1.807, 2.05) is 30.3 Å². The summed E-state index contributed by atoms with van der Waals surface area (Å²) in [5, 5.41) is 2.97. The van der Waals surface area contributed by atoms with Gasteiger partial charge in [0.1, 0.15) is 5.75 Å². The molecule has 0 fully saturated rings. The van der Waals surface area contributed by atoms with Crippen LogP contribution in [0.2, 0.25) is 0 Å². The first-order chi connectivity index (χ1) is 9.83. The SMILES string of the molecule is O=C(Cc1cccnc1)NC[C@H]1COc2ccccc21. The van der Waals surface area contributed by atoms with Crippen LogP contribution >= 0.6 is 0 Å². The third-order valence-corrected chi connectivity index (χ3v) is 3.43. The number of fused-ring (bicyclic) bond motifs is 1. The van der Waals surface area contributed by atoms with Crippen LogP contribution in [0.25, 0.3) is 0 Å². The summed E-state index contributed by atoms with van der Waals surface area (Å²) in [6.07, 6.45) is 3.78. The van der Waals surface area contributed by atoms with Crippen molar-refractivity contribution in [3.63, 3.8) is 0 Å². The quantitative estimate of drug-likeness (QED) is 0.921. The number of hydrogen-bond donors (Lipinski definition) is 1. The average Bonchev–Trinajstić information content (AvgIpc) is 2.89. The molecule has 102 valence electrons. The van der Waals surface area contributed by atoms with Crippen LogP contribution in [0.15, 0.2) is 48.8 Å². The van der Waals surface area contributed by atoms with Crippen LogP contribution in [0.1, 0.15) is 17.0 Å². The third kappa shape index (κ3) is 2.79. The Hall–Kier alpha value is -2.36. The van der Waals surface area contributed by atoms with Crippen molar-refractivity contribution in [3.05, 3.63) is 59.9 Å². The number of ether oxygens (including phenoxy) is 1.